The summed E-state index contributed by atoms with van der Waals surface area (Å²) in [6.45, 7) is 9.11. The SMILES string of the molecule is CCCNCC(CC1CCC(C)(C)O1)C1CCCC1. The molecular formula is C17H33NO. The van der Waals surface area contributed by atoms with E-state index >= 15 is 0 Å². The zero-order valence-electron chi connectivity index (χ0n) is 13.2. The predicted octanol–water partition coefficient (Wildman–Crippen LogP) is 4.14. The molecule has 0 aromatic rings. The maximum atomic E-state index is 6.22. The molecule has 112 valence electrons. The Bertz CT molecular complexity index is 258. The van der Waals surface area contributed by atoms with E-state index in [2.05, 4.69) is 26.1 Å². The van der Waals surface area contributed by atoms with Crippen molar-refractivity contribution in [2.75, 3.05) is 13.1 Å². The second-order valence-electron chi connectivity index (χ2n) is 7.28. The molecule has 0 radical (unpaired) electrons. The molecule has 1 N–H and O–H groups in total. The topological polar surface area (TPSA) is 21.3 Å². The fourth-order valence-corrected chi connectivity index (χ4v) is 3.92. The van der Waals surface area contributed by atoms with Crippen LogP contribution in [0.3, 0.4) is 0 Å². The van der Waals surface area contributed by atoms with Gasteiger partial charge in [-0.25, -0.2) is 0 Å². The largest absolute Gasteiger partial charge is 0.372 e. The molecule has 1 aliphatic heterocycles. The van der Waals surface area contributed by atoms with E-state index in [0.29, 0.717) is 6.10 Å². The maximum Gasteiger partial charge on any atom is 0.0631 e. The van der Waals surface area contributed by atoms with Gasteiger partial charge in [-0.2, -0.15) is 0 Å². The highest BCUT2D eigenvalue weighted by molar-refractivity contribution is 4.85. The van der Waals surface area contributed by atoms with Crippen molar-refractivity contribution in [1.29, 1.82) is 0 Å². The van der Waals surface area contributed by atoms with E-state index in [1.54, 1.807) is 0 Å². The van der Waals surface area contributed by atoms with Gasteiger partial charge in [0.05, 0.1) is 11.7 Å². The zero-order chi connectivity index (χ0) is 13.7. The van der Waals surface area contributed by atoms with E-state index in [0.717, 1.165) is 11.8 Å². The molecule has 2 aliphatic rings. The molecule has 2 nitrogen and oxygen atoms in total. The molecule has 0 amide bonds. The van der Waals surface area contributed by atoms with Crippen LogP contribution in [-0.2, 0) is 4.74 Å². The third-order valence-electron chi connectivity index (χ3n) is 5.02. The third-order valence-corrected chi connectivity index (χ3v) is 5.02. The Kier molecular flexibility index (Phi) is 5.70. The van der Waals surface area contributed by atoms with Gasteiger partial charge in [-0.1, -0.05) is 32.6 Å². The van der Waals surface area contributed by atoms with Crippen LogP contribution in [0.2, 0.25) is 0 Å². The van der Waals surface area contributed by atoms with Crippen LogP contribution in [0, 0.1) is 11.8 Å². The van der Waals surface area contributed by atoms with Crippen molar-refractivity contribution in [3.63, 3.8) is 0 Å². The lowest BCUT2D eigenvalue weighted by Crippen LogP contribution is -2.31. The number of nitrogens with one attached hydrogen (secondary N) is 1. The molecule has 2 fully saturated rings. The van der Waals surface area contributed by atoms with Crippen molar-refractivity contribution in [2.24, 2.45) is 11.8 Å². The first-order valence-corrected chi connectivity index (χ1v) is 8.49. The fraction of sp³-hybridized carbons (Fsp3) is 1.00. The van der Waals surface area contributed by atoms with E-state index < -0.39 is 0 Å². The fourth-order valence-electron chi connectivity index (χ4n) is 3.92. The second-order valence-corrected chi connectivity index (χ2v) is 7.28. The Balaban J connectivity index is 1.82. The lowest BCUT2D eigenvalue weighted by atomic mass is 9.85. The Hall–Kier alpha value is -0.0800. The monoisotopic (exact) mass is 267 g/mol. The molecule has 0 bridgehead atoms. The molecule has 19 heavy (non-hydrogen) atoms. The molecule has 2 rings (SSSR count). The minimum Gasteiger partial charge on any atom is -0.372 e. The summed E-state index contributed by atoms with van der Waals surface area (Å²) in [4.78, 5) is 0. The van der Waals surface area contributed by atoms with Crippen LogP contribution in [0.5, 0.6) is 0 Å². The highest BCUT2D eigenvalue weighted by Gasteiger charge is 2.35. The van der Waals surface area contributed by atoms with Gasteiger partial charge in [-0.05, 0) is 64.5 Å². The smallest absolute Gasteiger partial charge is 0.0631 e. The number of hydrogen-bond donors (Lipinski definition) is 1. The molecular weight excluding hydrogens is 234 g/mol. The Morgan fingerprint density at radius 1 is 1.21 bits per heavy atom. The van der Waals surface area contributed by atoms with Crippen LogP contribution in [-0.4, -0.2) is 24.8 Å². The van der Waals surface area contributed by atoms with Gasteiger partial charge in [0.2, 0.25) is 0 Å². The van der Waals surface area contributed by atoms with E-state index in [-0.39, 0.29) is 5.60 Å². The minimum atomic E-state index is 0.127. The van der Waals surface area contributed by atoms with Gasteiger partial charge in [0, 0.05) is 0 Å². The Labute approximate surface area is 119 Å². The van der Waals surface area contributed by atoms with Gasteiger partial charge >= 0.3 is 0 Å². The van der Waals surface area contributed by atoms with E-state index in [9.17, 15) is 0 Å². The summed E-state index contributed by atoms with van der Waals surface area (Å²) in [5, 5.41) is 3.65. The zero-order valence-corrected chi connectivity index (χ0v) is 13.2. The lowest BCUT2D eigenvalue weighted by Gasteiger charge is -2.28. The summed E-state index contributed by atoms with van der Waals surface area (Å²) in [6.07, 6.45) is 11.3. The Morgan fingerprint density at radius 2 is 1.95 bits per heavy atom. The molecule has 1 aliphatic carbocycles. The number of ether oxygens (including phenoxy) is 1. The van der Waals surface area contributed by atoms with Gasteiger partial charge in [0.1, 0.15) is 0 Å². The number of hydrogen-bond acceptors (Lipinski definition) is 2. The van der Waals surface area contributed by atoms with Gasteiger partial charge in [0.25, 0.3) is 0 Å². The van der Waals surface area contributed by atoms with Gasteiger partial charge in [-0.15, -0.1) is 0 Å². The first kappa shape index (κ1) is 15.3. The summed E-state index contributed by atoms with van der Waals surface area (Å²) < 4.78 is 6.22. The summed E-state index contributed by atoms with van der Waals surface area (Å²) >= 11 is 0. The molecule has 1 heterocycles. The van der Waals surface area contributed by atoms with Crippen molar-refractivity contribution in [1.82, 2.24) is 5.32 Å². The first-order chi connectivity index (χ1) is 9.11. The molecule has 2 atom stereocenters. The minimum absolute atomic E-state index is 0.127. The van der Waals surface area contributed by atoms with Crippen LogP contribution in [0.25, 0.3) is 0 Å². The maximum absolute atomic E-state index is 6.22. The normalized spacial score (nSPS) is 28.9. The second kappa shape index (κ2) is 7.08. The molecule has 0 aromatic carbocycles. The molecule has 0 aromatic heterocycles. The van der Waals surface area contributed by atoms with Gasteiger partial charge < -0.3 is 10.1 Å². The average molecular weight is 267 g/mol. The quantitative estimate of drug-likeness (QED) is 0.700. The van der Waals surface area contributed by atoms with Crippen LogP contribution in [0.4, 0.5) is 0 Å². The highest BCUT2D eigenvalue weighted by Crippen LogP contribution is 2.38. The van der Waals surface area contributed by atoms with E-state index in [1.807, 2.05) is 0 Å². The molecule has 0 spiro atoms. The van der Waals surface area contributed by atoms with Gasteiger partial charge in [0.15, 0.2) is 0 Å². The van der Waals surface area contributed by atoms with Crippen molar-refractivity contribution in [3.8, 4) is 0 Å². The molecule has 1 saturated heterocycles. The average Bonchev–Trinajstić information content (AvgIpc) is 2.98. The Morgan fingerprint density at radius 3 is 2.53 bits per heavy atom. The summed E-state index contributed by atoms with van der Waals surface area (Å²) in [5.74, 6) is 1.80. The predicted molar refractivity (Wildman–Crippen MR) is 81.4 cm³/mol. The van der Waals surface area contributed by atoms with E-state index in [1.165, 1.54) is 64.5 Å². The van der Waals surface area contributed by atoms with E-state index in [4.69, 9.17) is 4.74 Å². The van der Waals surface area contributed by atoms with Crippen molar-refractivity contribution in [2.45, 2.75) is 83.8 Å². The molecule has 1 saturated carbocycles. The summed E-state index contributed by atoms with van der Waals surface area (Å²) in [6, 6.07) is 0. The first-order valence-electron chi connectivity index (χ1n) is 8.49. The lowest BCUT2D eigenvalue weighted by molar-refractivity contribution is -0.0278. The highest BCUT2D eigenvalue weighted by atomic mass is 16.5. The third kappa shape index (κ3) is 4.75. The van der Waals surface area contributed by atoms with Crippen LogP contribution in [0.1, 0.15) is 72.1 Å². The van der Waals surface area contributed by atoms with Crippen LogP contribution >= 0.6 is 0 Å². The van der Waals surface area contributed by atoms with Crippen molar-refractivity contribution in [3.05, 3.63) is 0 Å². The summed E-state index contributed by atoms with van der Waals surface area (Å²) in [7, 11) is 0. The van der Waals surface area contributed by atoms with Gasteiger partial charge in [-0.3, -0.25) is 0 Å². The van der Waals surface area contributed by atoms with Crippen molar-refractivity contribution < 1.29 is 4.74 Å². The summed E-state index contributed by atoms with van der Waals surface area (Å²) in [5.41, 5.74) is 0.127. The van der Waals surface area contributed by atoms with Crippen molar-refractivity contribution >= 4 is 0 Å². The number of rotatable bonds is 7. The standard InChI is InChI=1S/C17H33NO/c1-4-11-18-13-15(14-7-5-6-8-14)12-16-9-10-17(2,3)19-16/h14-16,18H,4-13H2,1-3H3. The van der Waals surface area contributed by atoms with Crippen LogP contribution in [0.15, 0.2) is 0 Å². The van der Waals surface area contributed by atoms with Crippen LogP contribution < -0.4 is 5.32 Å². The molecule has 2 heteroatoms. The molecule has 2 unspecified atom stereocenters.